The number of anilines is 1. The minimum absolute atomic E-state index is 0.141. The fourth-order valence-corrected chi connectivity index (χ4v) is 3.22. The second-order valence-electron chi connectivity index (χ2n) is 5.60. The smallest absolute Gasteiger partial charge is 0.257 e. The number of benzene rings is 2. The van der Waals surface area contributed by atoms with Crippen LogP contribution in [0.3, 0.4) is 0 Å². The topological polar surface area (TPSA) is 51.2 Å². The summed E-state index contributed by atoms with van der Waals surface area (Å²) in [6.07, 6.45) is 0. The second kappa shape index (κ2) is 6.84. The Bertz CT molecular complexity index is 849. The lowest BCUT2D eigenvalue weighted by molar-refractivity contribution is 0.102. The van der Waals surface area contributed by atoms with Crippen LogP contribution in [-0.2, 0) is 0 Å². The Morgan fingerprint density at radius 1 is 1.08 bits per heavy atom. The van der Waals surface area contributed by atoms with E-state index in [1.807, 2.05) is 61.7 Å². The van der Waals surface area contributed by atoms with Crippen molar-refractivity contribution in [3.63, 3.8) is 0 Å². The van der Waals surface area contributed by atoms with Crippen molar-refractivity contribution in [2.75, 3.05) is 12.4 Å². The van der Waals surface area contributed by atoms with Gasteiger partial charge in [0, 0.05) is 16.5 Å². The van der Waals surface area contributed by atoms with Crippen molar-refractivity contribution in [3.05, 3.63) is 64.5 Å². The molecule has 4 nitrogen and oxygen atoms in total. The molecule has 0 saturated carbocycles. The molecule has 0 radical (unpaired) electrons. The number of nitrogens with one attached hydrogen (secondary N) is 1. The number of carbonyl (C=O) groups is 1. The van der Waals surface area contributed by atoms with E-state index in [4.69, 9.17) is 4.74 Å². The zero-order chi connectivity index (χ0) is 17.1. The molecule has 0 atom stereocenters. The van der Waals surface area contributed by atoms with Crippen LogP contribution in [0.5, 0.6) is 5.75 Å². The highest BCUT2D eigenvalue weighted by Gasteiger charge is 2.11. The maximum absolute atomic E-state index is 12.4. The van der Waals surface area contributed by atoms with Crippen LogP contribution in [0.1, 0.15) is 21.5 Å². The molecule has 1 heterocycles. The first kappa shape index (κ1) is 16.2. The highest BCUT2D eigenvalue weighted by Crippen LogP contribution is 2.26. The van der Waals surface area contributed by atoms with Gasteiger partial charge in [0.2, 0.25) is 0 Å². The molecule has 0 spiro atoms. The molecule has 0 fully saturated rings. The normalized spacial score (nSPS) is 10.5. The molecule has 1 amide bonds. The van der Waals surface area contributed by atoms with Crippen molar-refractivity contribution >= 4 is 22.4 Å². The molecule has 5 heteroatoms. The summed E-state index contributed by atoms with van der Waals surface area (Å²) in [5.41, 5.74) is 4.60. The third-order valence-corrected chi connectivity index (χ3v) is 4.35. The minimum Gasteiger partial charge on any atom is -0.497 e. The molecule has 1 aromatic heterocycles. The molecule has 3 aromatic rings. The molecule has 0 aliphatic heterocycles. The van der Waals surface area contributed by atoms with Crippen molar-refractivity contribution in [1.82, 2.24) is 4.98 Å². The predicted octanol–water partition coefficient (Wildman–Crippen LogP) is 4.69. The number of carbonyl (C=O) groups excluding carboxylic acids is 1. The molecule has 24 heavy (non-hydrogen) atoms. The van der Waals surface area contributed by atoms with Crippen LogP contribution in [0, 0.1) is 13.8 Å². The summed E-state index contributed by atoms with van der Waals surface area (Å²) in [5, 5.41) is 5.39. The van der Waals surface area contributed by atoms with E-state index in [9.17, 15) is 4.79 Å². The van der Waals surface area contributed by atoms with Gasteiger partial charge >= 0.3 is 0 Å². The Labute approximate surface area is 145 Å². The van der Waals surface area contributed by atoms with Gasteiger partial charge in [0.1, 0.15) is 5.75 Å². The Hall–Kier alpha value is -2.66. The standard InChI is InChI=1S/C19H18N2O2S/c1-12-8-13(2)10-15(9-12)18(22)21-19-20-17(11-24-19)14-4-6-16(23-3)7-5-14/h4-11H,1-3H3,(H,20,21,22). The van der Waals surface area contributed by atoms with Crippen LogP contribution >= 0.6 is 11.3 Å². The summed E-state index contributed by atoms with van der Waals surface area (Å²) in [4.78, 5) is 16.9. The largest absolute Gasteiger partial charge is 0.497 e. The van der Waals surface area contributed by atoms with E-state index < -0.39 is 0 Å². The van der Waals surface area contributed by atoms with Crippen molar-refractivity contribution in [3.8, 4) is 17.0 Å². The van der Waals surface area contributed by atoms with Gasteiger partial charge in [0.25, 0.3) is 5.91 Å². The highest BCUT2D eigenvalue weighted by molar-refractivity contribution is 7.14. The zero-order valence-corrected chi connectivity index (χ0v) is 14.6. The maximum atomic E-state index is 12.4. The van der Waals surface area contributed by atoms with Crippen LogP contribution < -0.4 is 10.1 Å². The van der Waals surface area contributed by atoms with Crippen molar-refractivity contribution < 1.29 is 9.53 Å². The van der Waals surface area contributed by atoms with Crippen molar-refractivity contribution in [2.45, 2.75) is 13.8 Å². The first-order valence-electron chi connectivity index (χ1n) is 7.55. The van der Waals surface area contributed by atoms with E-state index in [2.05, 4.69) is 10.3 Å². The molecule has 2 aromatic carbocycles. The lowest BCUT2D eigenvalue weighted by atomic mass is 10.1. The number of hydrogen-bond acceptors (Lipinski definition) is 4. The van der Waals surface area contributed by atoms with E-state index in [0.717, 1.165) is 28.1 Å². The quantitative estimate of drug-likeness (QED) is 0.751. The minimum atomic E-state index is -0.141. The average molecular weight is 338 g/mol. The molecule has 0 bridgehead atoms. The Kier molecular flexibility index (Phi) is 4.62. The van der Waals surface area contributed by atoms with Gasteiger partial charge in [-0.3, -0.25) is 10.1 Å². The molecule has 0 aliphatic rings. The summed E-state index contributed by atoms with van der Waals surface area (Å²) in [6.45, 7) is 3.96. The second-order valence-corrected chi connectivity index (χ2v) is 6.46. The first-order chi connectivity index (χ1) is 11.5. The summed E-state index contributed by atoms with van der Waals surface area (Å²) < 4.78 is 5.16. The van der Waals surface area contributed by atoms with Crippen LogP contribution in [0.15, 0.2) is 47.8 Å². The number of nitrogens with zero attached hydrogens (tertiary/aromatic N) is 1. The van der Waals surface area contributed by atoms with Gasteiger partial charge < -0.3 is 4.74 Å². The molecular formula is C19H18N2O2S. The van der Waals surface area contributed by atoms with Crippen LogP contribution in [0.25, 0.3) is 11.3 Å². The molecule has 1 N–H and O–H groups in total. The summed E-state index contributed by atoms with van der Waals surface area (Å²) in [7, 11) is 1.64. The van der Waals surface area contributed by atoms with Gasteiger partial charge in [0.15, 0.2) is 5.13 Å². The molecule has 0 saturated heterocycles. The third-order valence-electron chi connectivity index (χ3n) is 3.59. The van der Waals surface area contributed by atoms with E-state index in [0.29, 0.717) is 10.7 Å². The van der Waals surface area contributed by atoms with Gasteiger partial charge in [-0.05, 0) is 50.2 Å². The monoisotopic (exact) mass is 338 g/mol. The summed E-state index contributed by atoms with van der Waals surface area (Å²) >= 11 is 1.41. The van der Waals surface area contributed by atoms with E-state index in [1.54, 1.807) is 7.11 Å². The number of amides is 1. The summed E-state index contributed by atoms with van der Waals surface area (Å²) in [5.74, 6) is 0.662. The number of methoxy groups -OCH3 is 1. The Balaban J connectivity index is 1.76. The summed E-state index contributed by atoms with van der Waals surface area (Å²) in [6, 6.07) is 13.5. The number of aryl methyl sites for hydroxylation is 2. The van der Waals surface area contributed by atoms with Gasteiger partial charge in [-0.2, -0.15) is 0 Å². The average Bonchev–Trinajstić information content (AvgIpc) is 3.02. The highest BCUT2D eigenvalue weighted by atomic mass is 32.1. The first-order valence-corrected chi connectivity index (χ1v) is 8.43. The SMILES string of the molecule is COc1ccc(-c2csc(NC(=O)c3cc(C)cc(C)c3)n2)cc1. The number of rotatable bonds is 4. The Morgan fingerprint density at radius 3 is 2.38 bits per heavy atom. The van der Waals surface area contributed by atoms with Crippen LogP contribution in [0.2, 0.25) is 0 Å². The van der Waals surface area contributed by atoms with Gasteiger partial charge in [-0.15, -0.1) is 11.3 Å². The van der Waals surface area contributed by atoms with Crippen molar-refractivity contribution in [2.24, 2.45) is 0 Å². The number of ether oxygens (including phenoxy) is 1. The Morgan fingerprint density at radius 2 is 1.75 bits per heavy atom. The molecule has 0 aliphatic carbocycles. The van der Waals surface area contributed by atoms with Gasteiger partial charge in [-0.1, -0.05) is 17.2 Å². The predicted molar refractivity (Wildman–Crippen MR) is 98.0 cm³/mol. The van der Waals surface area contributed by atoms with E-state index in [1.165, 1.54) is 11.3 Å². The third kappa shape index (κ3) is 3.63. The van der Waals surface area contributed by atoms with Gasteiger partial charge in [-0.25, -0.2) is 4.98 Å². The lowest BCUT2D eigenvalue weighted by Crippen LogP contribution is -2.12. The van der Waals surface area contributed by atoms with Gasteiger partial charge in [0.05, 0.1) is 12.8 Å². The van der Waals surface area contributed by atoms with Crippen LogP contribution in [-0.4, -0.2) is 18.0 Å². The zero-order valence-electron chi connectivity index (χ0n) is 13.8. The molecular weight excluding hydrogens is 320 g/mol. The number of thiazole rings is 1. The fraction of sp³-hybridized carbons (Fsp3) is 0.158. The number of hydrogen-bond donors (Lipinski definition) is 1. The fourth-order valence-electron chi connectivity index (χ4n) is 2.50. The molecule has 0 unspecified atom stereocenters. The molecule has 122 valence electrons. The maximum Gasteiger partial charge on any atom is 0.257 e. The van der Waals surface area contributed by atoms with E-state index >= 15 is 0 Å². The molecule has 3 rings (SSSR count). The lowest BCUT2D eigenvalue weighted by Gasteiger charge is -2.04. The van der Waals surface area contributed by atoms with Crippen LogP contribution in [0.4, 0.5) is 5.13 Å². The van der Waals surface area contributed by atoms with Crippen molar-refractivity contribution in [1.29, 1.82) is 0 Å². The number of aromatic nitrogens is 1. The van der Waals surface area contributed by atoms with E-state index in [-0.39, 0.29) is 5.91 Å².